The highest BCUT2D eigenvalue weighted by molar-refractivity contribution is 5.44. The Labute approximate surface area is 95.8 Å². The maximum Gasteiger partial charge on any atom is 0.149 e. The van der Waals surface area contributed by atoms with E-state index in [2.05, 4.69) is 18.5 Å². The third-order valence-corrected chi connectivity index (χ3v) is 2.94. The quantitative estimate of drug-likeness (QED) is 0.725. The van der Waals surface area contributed by atoms with Gasteiger partial charge in [-0.15, -0.1) is 6.58 Å². The van der Waals surface area contributed by atoms with Crippen LogP contribution in [0.5, 0.6) is 0 Å². The Hall–Kier alpha value is -1.38. The van der Waals surface area contributed by atoms with Crippen molar-refractivity contribution < 1.29 is 4.39 Å². The van der Waals surface area contributed by atoms with Gasteiger partial charge in [0.1, 0.15) is 11.5 Å². The summed E-state index contributed by atoms with van der Waals surface area (Å²) < 4.78 is 13.9. The minimum atomic E-state index is -1.09. The van der Waals surface area contributed by atoms with Crippen LogP contribution in [0, 0.1) is 0 Å². The van der Waals surface area contributed by atoms with Crippen LogP contribution < -0.4 is 4.90 Å². The largest absolute Gasteiger partial charge is 0.350 e. The summed E-state index contributed by atoms with van der Waals surface area (Å²) >= 11 is 0. The van der Waals surface area contributed by atoms with E-state index >= 15 is 0 Å². The number of hydrogen-bond acceptors (Lipinski definition) is 2. The lowest BCUT2D eigenvalue weighted by Gasteiger charge is -2.44. The summed E-state index contributed by atoms with van der Waals surface area (Å²) in [6, 6.07) is 5.91. The fourth-order valence-corrected chi connectivity index (χ4v) is 2.03. The maximum absolute atomic E-state index is 13.9. The van der Waals surface area contributed by atoms with E-state index in [4.69, 9.17) is 0 Å². The molecule has 1 aromatic rings. The molecule has 0 saturated carbocycles. The van der Waals surface area contributed by atoms with E-state index in [1.807, 2.05) is 23.1 Å². The van der Waals surface area contributed by atoms with Crippen LogP contribution in [-0.4, -0.2) is 23.7 Å². The Bertz CT molecular complexity index is 383. The molecule has 0 radical (unpaired) electrons. The molecule has 2 heterocycles. The SMILES string of the molecule is C=CCC1(F)CN(c2cccc(CC)n2)C1. The molecule has 1 saturated heterocycles. The van der Waals surface area contributed by atoms with Crippen LogP contribution in [0.25, 0.3) is 0 Å². The van der Waals surface area contributed by atoms with Crippen molar-refractivity contribution in [2.45, 2.75) is 25.4 Å². The number of allylic oxidation sites excluding steroid dienone is 1. The molecule has 0 unspecified atom stereocenters. The van der Waals surface area contributed by atoms with Crippen LogP contribution in [0.1, 0.15) is 19.0 Å². The summed E-state index contributed by atoms with van der Waals surface area (Å²) in [7, 11) is 0. The molecular weight excluding hydrogens is 203 g/mol. The van der Waals surface area contributed by atoms with Gasteiger partial charge in [-0.05, 0) is 18.6 Å². The van der Waals surface area contributed by atoms with Gasteiger partial charge in [-0.3, -0.25) is 0 Å². The second-order valence-corrected chi connectivity index (χ2v) is 4.34. The normalized spacial score (nSPS) is 18.0. The van der Waals surface area contributed by atoms with Gasteiger partial charge in [0.15, 0.2) is 0 Å². The lowest BCUT2D eigenvalue weighted by molar-refractivity contribution is 0.123. The molecule has 2 rings (SSSR count). The van der Waals surface area contributed by atoms with Gasteiger partial charge in [-0.25, -0.2) is 9.37 Å². The van der Waals surface area contributed by atoms with E-state index in [0.29, 0.717) is 19.5 Å². The van der Waals surface area contributed by atoms with Crippen molar-refractivity contribution in [3.8, 4) is 0 Å². The number of nitrogens with zero attached hydrogens (tertiary/aromatic N) is 2. The number of hydrogen-bond donors (Lipinski definition) is 0. The molecule has 0 aromatic carbocycles. The van der Waals surface area contributed by atoms with Gasteiger partial charge in [-0.2, -0.15) is 0 Å². The molecule has 2 nitrogen and oxygen atoms in total. The Morgan fingerprint density at radius 1 is 1.56 bits per heavy atom. The van der Waals surface area contributed by atoms with Crippen molar-refractivity contribution in [1.29, 1.82) is 0 Å². The van der Waals surface area contributed by atoms with Gasteiger partial charge in [0.2, 0.25) is 0 Å². The molecule has 16 heavy (non-hydrogen) atoms. The van der Waals surface area contributed by atoms with Gasteiger partial charge in [0.25, 0.3) is 0 Å². The number of rotatable bonds is 4. The molecule has 0 N–H and O–H groups in total. The Morgan fingerprint density at radius 2 is 2.31 bits per heavy atom. The molecule has 0 atom stereocenters. The number of aryl methyl sites for hydroxylation is 1. The standard InChI is InChI=1S/C13H17FN2/c1-3-8-13(14)9-16(10-13)12-7-5-6-11(4-2)15-12/h3,5-7H,1,4,8-10H2,2H3. The molecule has 0 spiro atoms. The van der Waals surface area contributed by atoms with E-state index in [0.717, 1.165) is 17.9 Å². The third kappa shape index (κ3) is 2.08. The summed E-state index contributed by atoms with van der Waals surface area (Å²) in [5.41, 5.74) is -0.0383. The smallest absolute Gasteiger partial charge is 0.149 e. The van der Waals surface area contributed by atoms with Crippen molar-refractivity contribution in [3.05, 3.63) is 36.5 Å². The predicted octanol–water partition coefficient (Wildman–Crippen LogP) is 2.75. The highest BCUT2D eigenvalue weighted by Gasteiger charge is 2.42. The van der Waals surface area contributed by atoms with Gasteiger partial charge >= 0.3 is 0 Å². The van der Waals surface area contributed by atoms with Crippen molar-refractivity contribution in [3.63, 3.8) is 0 Å². The summed E-state index contributed by atoms with van der Waals surface area (Å²) in [4.78, 5) is 6.45. The molecule has 0 bridgehead atoms. The number of alkyl halides is 1. The minimum absolute atomic E-state index is 0.428. The molecule has 1 fully saturated rings. The fraction of sp³-hybridized carbons (Fsp3) is 0.462. The number of aromatic nitrogens is 1. The lowest BCUT2D eigenvalue weighted by Crippen LogP contribution is -2.59. The average Bonchev–Trinajstić information content (AvgIpc) is 2.26. The highest BCUT2D eigenvalue weighted by atomic mass is 19.1. The topological polar surface area (TPSA) is 16.1 Å². The second kappa shape index (κ2) is 4.24. The average molecular weight is 220 g/mol. The first-order valence-corrected chi connectivity index (χ1v) is 5.67. The molecule has 1 aromatic heterocycles. The van der Waals surface area contributed by atoms with Crippen molar-refractivity contribution >= 4 is 5.82 Å². The molecule has 1 aliphatic heterocycles. The lowest BCUT2D eigenvalue weighted by atomic mass is 9.92. The van der Waals surface area contributed by atoms with Gasteiger partial charge in [0.05, 0.1) is 13.1 Å². The van der Waals surface area contributed by atoms with Gasteiger partial charge in [-0.1, -0.05) is 19.1 Å². The van der Waals surface area contributed by atoms with E-state index in [9.17, 15) is 4.39 Å². The van der Waals surface area contributed by atoms with Gasteiger partial charge in [0, 0.05) is 12.1 Å². The molecule has 0 aliphatic carbocycles. The Morgan fingerprint density at radius 3 is 2.94 bits per heavy atom. The van der Waals surface area contributed by atoms with E-state index in [1.54, 1.807) is 6.08 Å². The minimum Gasteiger partial charge on any atom is -0.350 e. The monoisotopic (exact) mass is 220 g/mol. The van der Waals surface area contributed by atoms with Crippen LogP contribution in [-0.2, 0) is 6.42 Å². The van der Waals surface area contributed by atoms with Crippen LogP contribution in [0.15, 0.2) is 30.9 Å². The van der Waals surface area contributed by atoms with Gasteiger partial charge < -0.3 is 4.90 Å². The Balaban J connectivity index is 2.03. The van der Waals surface area contributed by atoms with Crippen molar-refractivity contribution in [2.75, 3.05) is 18.0 Å². The molecule has 1 aliphatic rings. The summed E-state index contributed by atoms with van der Waals surface area (Å²) in [6.45, 7) is 6.51. The highest BCUT2D eigenvalue weighted by Crippen LogP contribution is 2.32. The van der Waals surface area contributed by atoms with Crippen molar-refractivity contribution in [2.24, 2.45) is 0 Å². The maximum atomic E-state index is 13.9. The van der Waals surface area contributed by atoms with E-state index in [-0.39, 0.29) is 0 Å². The molecule has 3 heteroatoms. The molecule has 0 amide bonds. The summed E-state index contributed by atoms with van der Waals surface area (Å²) in [5, 5.41) is 0. The Kier molecular flexibility index (Phi) is 2.95. The van der Waals surface area contributed by atoms with Crippen LogP contribution in [0.2, 0.25) is 0 Å². The van der Waals surface area contributed by atoms with E-state index < -0.39 is 5.67 Å². The first-order chi connectivity index (χ1) is 7.67. The zero-order valence-electron chi connectivity index (χ0n) is 9.62. The van der Waals surface area contributed by atoms with Crippen molar-refractivity contribution in [1.82, 2.24) is 4.98 Å². The number of anilines is 1. The van der Waals surface area contributed by atoms with Crippen LogP contribution >= 0.6 is 0 Å². The van der Waals surface area contributed by atoms with Crippen LogP contribution in [0.3, 0.4) is 0 Å². The molecular formula is C13H17FN2. The number of halogens is 1. The first-order valence-electron chi connectivity index (χ1n) is 5.67. The van der Waals surface area contributed by atoms with Crippen LogP contribution in [0.4, 0.5) is 10.2 Å². The predicted molar refractivity (Wildman–Crippen MR) is 64.5 cm³/mol. The third-order valence-electron chi connectivity index (χ3n) is 2.94. The molecule has 86 valence electrons. The van der Waals surface area contributed by atoms with E-state index in [1.165, 1.54) is 0 Å². The second-order valence-electron chi connectivity index (χ2n) is 4.34. The summed E-state index contributed by atoms with van der Waals surface area (Å²) in [6.07, 6.45) is 2.99. The number of pyridine rings is 1. The zero-order valence-corrected chi connectivity index (χ0v) is 9.62. The summed E-state index contributed by atoms with van der Waals surface area (Å²) in [5.74, 6) is 0.886. The fourth-order valence-electron chi connectivity index (χ4n) is 2.03. The zero-order chi connectivity index (χ0) is 11.6. The first kappa shape index (κ1) is 11.1.